The first kappa shape index (κ1) is 24.4. The van der Waals surface area contributed by atoms with Gasteiger partial charge in [0.15, 0.2) is 0 Å². The van der Waals surface area contributed by atoms with Gasteiger partial charge in [-0.15, -0.1) is 0 Å². The van der Waals surface area contributed by atoms with E-state index < -0.39 is 18.3 Å². The minimum absolute atomic E-state index is 0.0727. The molecule has 1 aliphatic rings. The highest BCUT2D eigenvalue weighted by molar-refractivity contribution is 5.79. The normalized spacial score (nSPS) is 13.9. The molecule has 3 N–H and O–H groups in total. The number of rotatable bonds is 9. The van der Waals surface area contributed by atoms with Crippen molar-refractivity contribution in [2.75, 3.05) is 34.5 Å². The Morgan fingerprint density at radius 3 is 1.94 bits per heavy atom. The Kier molecular flexibility index (Phi) is 7.43. The number of carbonyl (C=O) groups excluding carboxylic acids is 1. The number of ether oxygens (including phenoxy) is 4. The summed E-state index contributed by atoms with van der Waals surface area (Å²) >= 11 is 0. The van der Waals surface area contributed by atoms with Crippen molar-refractivity contribution < 1.29 is 34.0 Å². The number of hydrogen-bond donors (Lipinski definition) is 3. The molecule has 184 valence electrons. The molecule has 0 aliphatic heterocycles. The minimum atomic E-state index is -1.39. The third kappa shape index (κ3) is 4.89. The summed E-state index contributed by atoms with van der Waals surface area (Å²) in [5, 5.41) is 23.9. The standard InChI is InChI=1S/C27H29NO7/c1-32-16-12-23(33-2)25(24(13-16)34-3)26(30)22(29)14-28-27(31)35-15-21-19-10-6-4-8-17(19)18-9-5-7-11-20(18)21/h4-13,21-22,26,29-30H,14-15H2,1-3H3,(H,28,31). The number of fused-ring (bicyclic) bond motifs is 3. The van der Waals surface area contributed by atoms with Crippen molar-refractivity contribution in [3.63, 3.8) is 0 Å². The fourth-order valence-corrected chi connectivity index (χ4v) is 4.47. The van der Waals surface area contributed by atoms with E-state index in [9.17, 15) is 15.0 Å². The quantitative estimate of drug-likeness (QED) is 0.430. The van der Waals surface area contributed by atoms with Crippen molar-refractivity contribution in [2.24, 2.45) is 0 Å². The Morgan fingerprint density at radius 1 is 0.886 bits per heavy atom. The number of aliphatic hydroxyl groups excluding tert-OH is 2. The van der Waals surface area contributed by atoms with Crippen LogP contribution in [0, 0.1) is 0 Å². The lowest BCUT2D eigenvalue weighted by Crippen LogP contribution is -2.36. The van der Waals surface area contributed by atoms with E-state index in [4.69, 9.17) is 18.9 Å². The van der Waals surface area contributed by atoms with Crippen molar-refractivity contribution in [3.05, 3.63) is 77.4 Å². The molecule has 0 bridgehead atoms. The van der Waals surface area contributed by atoms with Crippen LogP contribution in [0.1, 0.15) is 28.7 Å². The van der Waals surface area contributed by atoms with Gasteiger partial charge in [-0.3, -0.25) is 0 Å². The summed E-state index contributed by atoms with van der Waals surface area (Å²) in [4.78, 5) is 12.4. The lowest BCUT2D eigenvalue weighted by Gasteiger charge is -2.23. The van der Waals surface area contributed by atoms with Crippen molar-refractivity contribution in [3.8, 4) is 28.4 Å². The number of alkyl carbamates (subject to hydrolysis) is 1. The summed E-state index contributed by atoms with van der Waals surface area (Å²) < 4.78 is 21.4. The molecule has 35 heavy (non-hydrogen) atoms. The molecule has 2 atom stereocenters. The lowest BCUT2D eigenvalue weighted by molar-refractivity contribution is 0.0158. The van der Waals surface area contributed by atoms with Crippen molar-refractivity contribution in [1.29, 1.82) is 0 Å². The Balaban J connectivity index is 1.38. The topological polar surface area (TPSA) is 106 Å². The molecule has 4 rings (SSSR count). The van der Waals surface area contributed by atoms with Crippen LogP contribution in [0.3, 0.4) is 0 Å². The molecular weight excluding hydrogens is 450 g/mol. The predicted octanol–water partition coefficient (Wildman–Crippen LogP) is 3.65. The van der Waals surface area contributed by atoms with E-state index in [-0.39, 0.29) is 36.1 Å². The molecular formula is C27H29NO7. The van der Waals surface area contributed by atoms with Gasteiger partial charge in [0, 0.05) is 24.6 Å². The van der Waals surface area contributed by atoms with Crippen LogP contribution < -0.4 is 19.5 Å². The Morgan fingerprint density at radius 2 is 1.43 bits per heavy atom. The maximum atomic E-state index is 12.4. The third-order valence-electron chi connectivity index (χ3n) is 6.21. The first-order valence-corrected chi connectivity index (χ1v) is 11.2. The zero-order valence-electron chi connectivity index (χ0n) is 19.9. The van der Waals surface area contributed by atoms with Gasteiger partial charge >= 0.3 is 6.09 Å². The molecule has 8 nitrogen and oxygen atoms in total. The summed E-state index contributed by atoms with van der Waals surface area (Å²) in [5.74, 6) is 0.972. The second kappa shape index (κ2) is 10.7. The Hall–Kier alpha value is -3.75. The van der Waals surface area contributed by atoms with Crippen LogP contribution in [0.25, 0.3) is 11.1 Å². The smallest absolute Gasteiger partial charge is 0.407 e. The highest BCUT2D eigenvalue weighted by Crippen LogP contribution is 2.44. The van der Waals surface area contributed by atoms with Crippen molar-refractivity contribution in [1.82, 2.24) is 5.32 Å². The molecule has 0 spiro atoms. The van der Waals surface area contributed by atoms with Crippen LogP contribution in [0.15, 0.2) is 60.7 Å². The number of hydrogen-bond acceptors (Lipinski definition) is 7. The summed E-state index contributed by atoms with van der Waals surface area (Å²) in [6.45, 7) is -0.0885. The highest BCUT2D eigenvalue weighted by atomic mass is 16.5. The highest BCUT2D eigenvalue weighted by Gasteiger charge is 2.30. The molecule has 0 aromatic heterocycles. The van der Waals surface area contributed by atoms with Crippen LogP contribution in [-0.2, 0) is 4.74 Å². The molecule has 0 fully saturated rings. The van der Waals surface area contributed by atoms with E-state index in [1.807, 2.05) is 36.4 Å². The monoisotopic (exact) mass is 479 g/mol. The van der Waals surface area contributed by atoms with Gasteiger partial charge in [0.05, 0.1) is 26.9 Å². The zero-order chi connectivity index (χ0) is 24.9. The van der Waals surface area contributed by atoms with Crippen molar-refractivity contribution in [2.45, 2.75) is 18.1 Å². The maximum Gasteiger partial charge on any atom is 0.407 e. The number of benzene rings is 3. The van der Waals surface area contributed by atoms with Gasteiger partial charge in [-0.05, 0) is 22.3 Å². The van der Waals surface area contributed by atoms with Crippen LogP contribution >= 0.6 is 0 Å². The molecule has 3 aromatic carbocycles. The lowest BCUT2D eigenvalue weighted by atomic mass is 9.98. The van der Waals surface area contributed by atoms with Crippen LogP contribution in [0.2, 0.25) is 0 Å². The molecule has 8 heteroatoms. The second-order valence-electron chi connectivity index (χ2n) is 8.16. The third-order valence-corrected chi connectivity index (χ3v) is 6.21. The van der Waals surface area contributed by atoms with Gasteiger partial charge in [0.25, 0.3) is 0 Å². The molecule has 2 unspecified atom stereocenters. The van der Waals surface area contributed by atoms with Gasteiger partial charge in [0.1, 0.15) is 36.1 Å². The number of aliphatic hydroxyl groups is 2. The van der Waals surface area contributed by atoms with E-state index in [0.717, 1.165) is 22.3 Å². The molecule has 3 aromatic rings. The molecule has 0 heterocycles. The van der Waals surface area contributed by atoms with E-state index in [0.29, 0.717) is 5.75 Å². The molecule has 0 saturated heterocycles. The van der Waals surface area contributed by atoms with E-state index >= 15 is 0 Å². The molecule has 1 aliphatic carbocycles. The fraction of sp³-hybridized carbons (Fsp3) is 0.296. The second-order valence-corrected chi connectivity index (χ2v) is 8.16. The first-order chi connectivity index (χ1) is 17.0. The van der Waals surface area contributed by atoms with Crippen molar-refractivity contribution >= 4 is 6.09 Å². The largest absolute Gasteiger partial charge is 0.496 e. The van der Waals surface area contributed by atoms with Crippen LogP contribution in [-0.4, -0.2) is 56.9 Å². The minimum Gasteiger partial charge on any atom is -0.496 e. The van der Waals surface area contributed by atoms with E-state index in [1.54, 1.807) is 12.1 Å². The summed E-state index contributed by atoms with van der Waals surface area (Å²) in [5.41, 5.74) is 4.74. The van der Waals surface area contributed by atoms with E-state index in [1.165, 1.54) is 21.3 Å². The molecule has 0 radical (unpaired) electrons. The van der Waals surface area contributed by atoms with Gasteiger partial charge in [-0.1, -0.05) is 48.5 Å². The van der Waals surface area contributed by atoms with Gasteiger partial charge in [-0.25, -0.2) is 4.79 Å². The average Bonchev–Trinajstić information content (AvgIpc) is 3.22. The van der Waals surface area contributed by atoms with Gasteiger partial charge < -0.3 is 34.5 Å². The van der Waals surface area contributed by atoms with Crippen LogP contribution in [0.5, 0.6) is 17.2 Å². The number of nitrogens with one attached hydrogen (secondary N) is 1. The SMILES string of the molecule is COc1cc(OC)c(C(O)C(O)CNC(=O)OCC2c3ccccc3-c3ccccc32)c(OC)c1. The Bertz CT molecular complexity index is 1130. The Labute approximate surface area is 204 Å². The first-order valence-electron chi connectivity index (χ1n) is 11.2. The average molecular weight is 480 g/mol. The van der Waals surface area contributed by atoms with E-state index in [2.05, 4.69) is 17.4 Å². The predicted molar refractivity (Wildman–Crippen MR) is 130 cm³/mol. The molecule has 1 amide bonds. The number of methoxy groups -OCH3 is 3. The zero-order valence-corrected chi connectivity index (χ0v) is 19.9. The summed E-state index contributed by atoms with van der Waals surface area (Å²) in [6, 6.07) is 19.3. The number of amides is 1. The van der Waals surface area contributed by atoms with Gasteiger partial charge in [-0.2, -0.15) is 0 Å². The maximum absolute atomic E-state index is 12.4. The summed E-state index contributed by atoms with van der Waals surface area (Å²) in [6.07, 6.45) is -3.42. The molecule has 0 saturated carbocycles. The summed E-state index contributed by atoms with van der Waals surface area (Å²) in [7, 11) is 4.37. The van der Waals surface area contributed by atoms with Gasteiger partial charge in [0.2, 0.25) is 0 Å². The fourth-order valence-electron chi connectivity index (χ4n) is 4.47. The van der Waals surface area contributed by atoms with Crippen LogP contribution in [0.4, 0.5) is 4.79 Å². The number of carbonyl (C=O) groups is 1.